The molecule has 5 aliphatic rings. The van der Waals surface area contributed by atoms with Crippen LogP contribution in [0.25, 0.3) is 6.08 Å². The number of nitrogens with zero attached hydrogens (tertiary/aromatic N) is 1. The van der Waals surface area contributed by atoms with Crippen LogP contribution in [0.3, 0.4) is 0 Å². The van der Waals surface area contributed by atoms with E-state index in [0.717, 1.165) is 36.7 Å². The highest BCUT2D eigenvalue weighted by atomic mass is 16.5. The first-order valence-corrected chi connectivity index (χ1v) is 10.9. The quantitative estimate of drug-likeness (QED) is 0.681. The van der Waals surface area contributed by atoms with Gasteiger partial charge < -0.3 is 4.74 Å². The first-order valence-electron chi connectivity index (χ1n) is 10.9. The van der Waals surface area contributed by atoms with E-state index in [-0.39, 0.29) is 0 Å². The summed E-state index contributed by atoms with van der Waals surface area (Å²) >= 11 is 0. The summed E-state index contributed by atoms with van der Waals surface area (Å²) in [5.41, 5.74) is 1.77. The molecule has 0 unspecified atom stereocenters. The Morgan fingerprint density at radius 1 is 0.962 bits per heavy atom. The summed E-state index contributed by atoms with van der Waals surface area (Å²) in [5, 5.41) is 0. The van der Waals surface area contributed by atoms with Gasteiger partial charge in [0, 0.05) is 12.1 Å². The molecule has 0 aromatic heterocycles. The van der Waals surface area contributed by atoms with Crippen molar-refractivity contribution in [3.05, 3.63) is 35.9 Å². The topological polar surface area (TPSA) is 12.5 Å². The molecule has 140 valence electrons. The standard InChI is InChI=1S/C24H33NO/c1-2-6-23(26-12-11-25-9-3-4-10-25)22(5-1)7-8-24-16-19-13-20(17-24)15-21(14-19)18-24/h1-2,5-8,19-21H,3-4,9-18H2/b8-7-. The molecule has 0 spiro atoms. The monoisotopic (exact) mass is 351 g/mol. The van der Waals surface area contributed by atoms with E-state index in [2.05, 4.69) is 41.3 Å². The van der Waals surface area contributed by atoms with Gasteiger partial charge in [-0.25, -0.2) is 0 Å². The maximum atomic E-state index is 6.18. The fourth-order valence-corrected chi connectivity index (χ4v) is 6.69. The Hall–Kier alpha value is -1.28. The molecule has 6 rings (SSSR count). The van der Waals surface area contributed by atoms with Gasteiger partial charge in [0.25, 0.3) is 0 Å². The van der Waals surface area contributed by atoms with E-state index in [4.69, 9.17) is 4.74 Å². The minimum Gasteiger partial charge on any atom is -0.492 e. The van der Waals surface area contributed by atoms with Crippen molar-refractivity contribution in [2.45, 2.75) is 51.4 Å². The number of benzene rings is 1. The Balaban J connectivity index is 1.26. The second kappa shape index (κ2) is 7.03. The highest BCUT2D eigenvalue weighted by molar-refractivity contribution is 5.58. The van der Waals surface area contributed by atoms with Crippen LogP contribution in [0.1, 0.15) is 56.9 Å². The molecule has 1 aliphatic heterocycles. The first-order chi connectivity index (χ1) is 12.8. The lowest BCUT2D eigenvalue weighted by Crippen LogP contribution is -2.44. The third-order valence-electron chi connectivity index (χ3n) is 7.48. The van der Waals surface area contributed by atoms with Gasteiger partial charge in [-0.15, -0.1) is 0 Å². The number of ether oxygens (including phenoxy) is 1. The Labute approximate surface area is 158 Å². The van der Waals surface area contributed by atoms with Crippen molar-refractivity contribution in [3.63, 3.8) is 0 Å². The first kappa shape index (κ1) is 16.9. The third kappa shape index (κ3) is 3.45. The zero-order valence-corrected chi connectivity index (χ0v) is 16.0. The molecule has 2 nitrogen and oxygen atoms in total. The Morgan fingerprint density at radius 2 is 1.62 bits per heavy atom. The summed E-state index contributed by atoms with van der Waals surface area (Å²) < 4.78 is 6.18. The molecule has 0 atom stereocenters. The molecule has 1 heterocycles. The second-order valence-corrected chi connectivity index (χ2v) is 9.55. The average molecular weight is 352 g/mol. The van der Waals surface area contributed by atoms with Gasteiger partial charge in [0.1, 0.15) is 12.4 Å². The van der Waals surface area contributed by atoms with Gasteiger partial charge in [-0.05, 0) is 93.7 Å². The predicted octanol–water partition coefficient (Wildman–Crippen LogP) is 5.39. The summed E-state index contributed by atoms with van der Waals surface area (Å²) in [4.78, 5) is 2.52. The van der Waals surface area contributed by atoms with Crippen LogP contribution in [0.4, 0.5) is 0 Å². The van der Waals surface area contributed by atoms with Crippen molar-refractivity contribution < 1.29 is 4.74 Å². The molecule has 2 heteroatoms. The van der Waals surface area contributed by atoms with Gasteiger partial charge in [-0.2, -0.15) is 0 Å². The molecule has 1 aromatic rings. The predicted molar refractivity (Wildman–Crippen MR) is 107 cm³/mol. The second-order valence-electron chi connectivity index (χ2n) is 9.55. The van der Waals surface area contributed by atoms with Crippen LogP contribution in [0.2, 0.25) is 0 Å². The molecule has 1 aromatic carbocycles. The van der Waals surface area contributed by atoms with Crippen LogP contribution in [0.15, 0.2) is 30.3 Å². The van der Waals surface area contributed by atoms with Crippen molar-refractivity contribution in [2.75, 3.05) is 26.2 Å². The SMILES string of the molecule is C(=C/C12CC3CC(CC(C3)C1)C2)/c1ccccc1OCCN1CCCC1. The van der Waals surface area contributed by atoms with Crippen molar-refractivity contribution in [1.29, 1.82) is 0 Å². The minimum atomic E-state index is 0.497. The normalized spacial score (nSPS) is 36.2. The molecule has 0 N–H and O–H groups in total. The summed E-state index contributed by atoms with van der Waals surface area (Å²) in [7, 11) is 0. The minimum absolute atomic E-state index is 0.497. The van der Waals surface area contributed by atoms with Gasteiger partial charge in [0.05, 0.1) is 0 Å². The Kier molecular flexibility index (Phi) is 4.56. The summed E-state index contributed by atoms with van der Waals surface area (Å²) in [6, 6.07) is 8.62. The lowest BCUT2D eigenvalue weighted by Gasteiger charge is -2.55. The van der Waals surface area contributed by atoms with Crippen molar-refractivity contribution in [3.8, 4) is 5.75 Å². The smallest absolute Gasteiger partial charge is 0.126 e. The average Bonchev–Trinajstić information content (AvgIpc) is 3.13. The molecular formula is C24H33NO. The van der Waals surface area contributed by atoms with E-state index in [1.807, 2.05) is 0 Å². The zero-order chi connectivity index (χ0) is 17.4. The summed E-state index contributed by atoms with van der Waals surface area (Å²) in [5.74, 6) is 4.10. The van der Waals surface area contributed by atoms with E-state index in [1.54, 1.807) is 0 Å². The largest absolute Gasteiger partial charge is 0.492 e. The molecule has 0 amide bonds. The molecule has 1 saturated heterocycles. The zero-order valence-electron chi connectivity index (χ0n) is 16.0. The van der Waals surface area contributed by atoms with Crippen molar-refractivity contribution in [1.82, 2.24) is 4.90 Å². The maximum Gasteiger partial charge on any atom is 0.126 e. The van der Waals surface area contributed by atoms with Gasteiger partial charge in [-0.1, -0.05) is 30.4 Å². The van der Waals surface area contributed by atoms with Gasteiger partial charge in [0.15, 0.2) is 0 Å². The van der Waals surface area contributed by atoms with Crippen LogP contribution >= 0.6 is 0 Å². The molecule has 26 heavy (non-hydrogen) atoms. The maximum absolute atomic E-state index is 6.18. The van der Waals surface area contributed by atoms with E-state index < -0.39 is 0 Å². The lowest BCUT2D eigenvalue weighted by molar-refractivity contribution is -0.0232. The summed E-state index contributed by atoms with van der Waals surface area (Å²) in [6.07, 6.45) is 16.5. The lowest BCUT2D eigenvalue weighted by atomic mass is 9.49. The number of hydrogen-bond donors (Lipinski definition) is 0. The number of likely N-dealkylation sites (tertiary alicyclic amines) is 1. The highest BCUT2D eigenvalue weighted by Gasteiger charge is 2.49. The van der Waals surface area contributed by atoms with E-state index >= 15 is 0 Å². The molecule has 4 aliphatic carbocycles. The van der Waals surface area contributed by atoms with Crippen LogP contribution in [-0.2, 0) is 0 Å². The molecule has 4 bridgehead atoms. The Bertz CT molecular complexity index is 623. The summed E-state index contributed by atoms with van der Waals surface area (Å²) in [6.45, 7) is 4.36. The molecule has 5 fully saturated rings. The highest BCUT2D eigenvalue weighted by Crippen LogP contribution is 2.60. The van der Waals surface area contributed by atoms with E-state index in [9.17, 15) is 0 Å². The number of para-hydroxylation sites is 1. The molecule has 0 radical (unpaired) electrons. The van der Waals surface area contributed by atoms with Crippen molar-refractivity contribution >= 4 is 6.08 Å². The van der Waals surface area contributed by atoms with Crippen LogP contribution in [0, 0.1) is 23.2 Å². The van der Waals surface area contributed by atoms with Gasteiger partial charge in [-0.3, -0.25) is 4.90 Å². The van der Waals surface area contributed by atoms with Crippen LogP contribution in [-0.4, -0.2) is 31.1 Å². The number of hydrogen-bond acceptors (Lipinski definition) is 2. The third-order valence-corrected chi connectivity index (χ3v) is 7.48. The van der Waals surface area contributed by atoms with Crippen LogP contribution < -0.4 is 4.74 Å². The van der Waals surface area contributed by atoms with Crippen molar-refractivity contribution in [2.24, 2.45) is 23.2 Å². The molecular weight excluding hydrogens is 318 g/mol. The molecule has 4 saturated carbocycles. The Morgan fingerprint density at radius 3 is 2.31 bits per heavy atom. The van der Waals surface area contributed by atoms with E-state index in [0.29, 0.717) is 5.41 Å². The van der Waals surface area contributed by atoms with Gasteiger partial charge >= 0.3 is 0 Å². The van der Waals surface area contributed by atoms with E-state index in [1.165, 1.54) is 70.0 Å². The number of allylic oxidation sites excluding steroid dienone is 1. The van der Waals surface area contributed by atoms with Crippen LogP contribution in [0.5, 0.6) is 5.75 Å². The van der Waals surface area contributed by atoms with Gasteiger partial charge in [0.2, 0.25) is 0 Å². The fourth-order valence-electron chi connectivity index (χ4n) is 6.69. The number of rotatable bonds is 6. The fraction of sp³-hybridized carbons (Fsp3) is 0.667.